The van der Waals surface area contributed by atoms with E-state index in [1.165, 1.54) is 18.2 Å². The third-order valence-electron chi connectivity index (χ3n) is 7.26. The highest BCUT2D eigenvalue weighted by atomic mass is 16.7. The summed E-state index contributed by atoms with van der Waals surface area (Å²) < 4.78 is 27.7. The Kier molecular flexibility index (Phi) is 8.77. The molecule has 43 heavy (non-hydrogen) atoms. The molecular formula is C27H30O16. The predicted octanol–water partition coefficient (Wildman–Crippen LogP) is -2.42. The molecule has 0 radical (unpaired) electrons. The van der Waals surface area contributed by atoms with E-state index in [0.29, 0.717) is 0 Å². The van der Waals surface area contributed by atoms with Crippen molar-refractivity contribution in [3.8, 4) is 34.3 Å². The van der Waals surface area contributed by atoms with Crippen molar-refractivity contribution in [2.24, 2.45) is 0 Å². The summed E-state index contributed by atoms with van der Waals surface area (Å²) in [6, 6.07) is 6.98. The number of aliphatic hydroxyl groups is 7. The monoisotopic (exact) mass is 610 g/mol. The zero-order valence-electron chi connectivity index (χ0n) is 22.1. The van der Waals surface area contributed by atoms with Crippen LogP contribution in [0.1, 0.15) is 0 Å². The van der Waals surface area contributed by atoms with Crippen molar-refractivity contribution in [3.05, 3.63) is 46.6 Å². The molecule has 0 spiro atoms. The Labute approximate surface area is 241 Å². The number of phenolic OH excluding ortho intramolecular Hbond substituents is 3. The highest BCUT2D eigenvalue weighted by Crippen LogP contribution is 2.36. The van der Waals surface area contributed by atoms with Gasteiger partial charge in [0.05, 0.1) is 13.2 Å². The van der Waals surface area contributed by atoms with Crippen LogP contribution < -0.4 is 10.2 Å². The Bertz CT molecular complexity index is 1510. The molecule has 2 aliphatic heterocycles. The van der Waals surface area contributed by atoms with E-state index < -0.39 is 97.3 Å². The molecule has 16 heteroatoms. The number of benzene rings is 2. The summed E-state index contributed by atoms with van der Waals surface area (Å²) in [6.07, 6.45) is -16.8. The first-order valence-corrected chi connectivity index (χ1v) is 13.0. The van der Waals surface area contributed by atoms with Crippen LogP contribution >= 0.6 is 0 Å². The normalized spacial score (nSPS) is 33.0. The molecule has 10 atom stereocenters. The van der Waals surface area contributed by atoms with Gasteiger partial charge in [-0.2, -0.15) is 0 Å². The van der Waals surface area contributed by atoms with Crippen LogP contribution in [0, 0.1) is 0 Å². The van der Waals surface area contributed by atoms with Gasteiger partial charge in [-0.15, -0.1) is 0 Å². The van der Waals surface area contributed by atoms with Gasteiger partial charge in [-0.25, -0.2) is 0 Å². The summed E-state index contributed by atoms with van der Waals surface area (Å²) in [4.78, 5) is 12.8. The molecule has 2 fully saturated rings. The second-order valence-corrected chi connectivity index (χ2v) is 10.1. The van der Waals surface area contributed by atoms with Crippen molar-refractivity contribution in [1.29, 1.82) is 0 Å². The fourth-order valence-electron chi connectivity index (χ4n) is 4.91. The Morgan fingerprint density at radius 1 is 0.698 bits per heavy atom. The molecule has 10 N–H and O–H groups in total. The summed E-state index contributed by atoms with van der Waals surface area (Å²) in [5, 5.41) is 101. The van der Waals surface area contributed by atoms with E-state index in [4.69, 9.17) is 23.4 Å². The number of ether oxygens (including phenoxy) is 4. The van der Waals surface area contributed by atoms with Crippen LogP contribution in [-0.4, -0.2) is 126 Å². The Morgan fingerprint density at radius 3 is 2.05 bits per heavy atom. The van der Waals surface area contributed by atoms with Crippen LogP contribution in [0.2, 0.25) is 0 Å². The lowest BCUT2D eigenvalue weighted by Crippen LogP contribution is -2.65. The van der Waals surface area contributed by atoms with Crippen LogP contribution in [0.3, 0.4) is 0 Å². The van der Waals surface area contributed by atoms with E-state index in [0.717, 1.165) is 18.2 Å². The summed E-state index contributed by atoms with van der Waals surface area (Å²) in [5.41, 5.74) is -0.611. The zero-order chi connectivity index (χ0) is 31.2. The van der Waals surface area contributed by atoms with Gasteiger partial charge in [0.25, 0.3) is 0 Å². The number of aliphatic hydroxyl groups excluding tert-OH is 7. The smallest absolute Gasteiger partial charge is 0.229 e. The summed E-state index contributed by atoms with van der Waals surface area (Å²) in [7, 11) is 0. The molecule has 5 rings (SSSR count). The second-order valence-electron chi connectivity index (χ2n) is 10.1. The van der Waals surface area contributed by atoms with Crippen molar-refractivity contribution >= 4 is 11.0 Å². The molecule has 234 valence electrons. The minimum atomic E-state index is -1.86. The predicted molar refractivity (Wildman–Crippen MR) is 140 cm³/mol. The minimum Gasteiger partial charge on any atom is -0.507 e. The molecule has 2 saturated heterocycles. The van der Waals surface area contributed by atoms with E-state index >= 15 is 0 Å². The van der Waals surface area contributed by atoms with Gasteiger partial charge in [0.15, 0.2) is 23.2 Å². The number of hydrogen-bond donors (Lipinski definition) is 10. The Balaban J connectivity index is 1.43. The molecule has 2 aromatic carbocycles. The maximum Gasteiger partial charge on any atom is 0.229 e. The molecule has 0 aliphatic carbocycles. The molecule has 16 nitrogen and oxygen atoms in total. The first-order valence-electron chi connectivity index (χ1n) is 13.0. The third kappa shape index (κ3) is 5.85. The van der Waals surface area contributed by atoms with Gasteiger partial charge in [-0.05, 0) is 18.2 Å². The average Bonchev–Trinajstić information content (AvgIpc) is 2.97. The molecular weight excluding hydrogens is 580 g/mol. The lowest BCUT2D eigenvalue weighted by atomic mass is 9.97. The van der Waals surface area contributed by atoms with Crippen LogP contribution in [0.15, 0.2) is 45.6 Å². The van der Waals surface area contributed by atoms with E-state index in [1.54, 1.807) is 0 Å². The lowest BCUT2D eigenvalue weighted by Gasteiger charge is -2.45. The summed E-state index contributed by atoms with van der Waals surface area (Å²) >= 11 is 0. The maximum atomic E-state index is 12.8. The van der Waals surface area contributed by atoms with Crippen molar-refractivity contribution in [2.45, 2.75) is 61.4 Å². The molecule has 0 amide bonds. The van der Waals surface area contributed by atoms with Gasteiger partial charge < -0.3 is 74.4 Å². The SMILES string of the molecule is O=c1cc(-c2ccc(O)c(O)c2)oc2cc(OC3OC(CO)C(O)C(OC4OC(CO)C(O)C(O)C4O)C3O)cc(O)c12. The van der Waals surface area contributed by atoms with Crippen molar-refractivity contribution < 1.29 is 74.4 Å². The van der Waals surface area contributed by atoms with Gasteiger partial charge in [-0.1, -0.05) is 0 Å². The van der Waals surface area contributed by atoms with Crippen LogP contribution in [0.4, 0.5) is 0 Å². The lowest BCUT2D eigenvalue weighted by molar-refractivity contribution is -0.352. The van der Waals surface area contributed by atoms with E-state index in [2.05, 4.69) is 0 Å². The van der Waals surface area contributed by atoms with Gasteiger partial charge in [0.2, 0.25) is 6.29 Å². The first kappa shape index (κ1) is 30.9. The Morgan fingerprint density at radius 2 is 1.37 bits per heavy atom. The standard InChI is InChI=1S/C27H30O16/c28-7-17-20(34)22(36)23(37)26(41-17)43-25-21(35)18(8-29)42-27(24(25)38)39-10-4-13(32)19-14(33)6-15(40-16(19)5-10)9-1-2-11(30)12(31)3-9/h1-6,17-18,20-32,34-38H,7-8H2. The molecule has 0 bridgehead atoms. The number of hydrogen-bond acceptors (Lipinski definition) is 16. The van der Waals surface area contributed by atoms with E-state index in [1.807, 2.05) is 0 Å². The van der Waals surface area contributed by atoms with E-state index in [-0.39, 0.29) is 28.0 Å². The second kappa shape index (κ2) is 12.2. The molecule has 1 aromatic heterocycles. The van der Waals surface area contributed by atoms with E-state index in [9.17, 15) is 55.9 Å². The van der Waals surface area contributed by atoms with Gasteiger partial charge in [0, 0.05) is 23.8 Å². The van der Waals surface area contributed by atoms with Crippen LogP contribution in [0.5, 0.6) is 23.0 Å². The number of rotatable bonds is 7. The van der Waals surface area contributed by atoms with Crippen molar-refractivity contribution in [2.75, 3.05) is 13.2 Å². The van der Waals surface area contributed by atoms with Crippen molar-refractivity contribution in [1.82, 2.24) is 0 Å². The van der Waals surface area contributed by atoms with Crippen molar-refractivity contribution in [3.63, 3.8) is 0 Å². The first-order chi connectivity index (χ1) is 20.4. The fraction of sp³-hybridized carbons (Fsp3) is 0.444. The number of aromatic hydroxyl groups is 3. The highest BCUT2D eigenvalue weighted by Gasteiger charge is 2.51. The van der Waals surface area contributed by atoms with Gasteiger partial charge in [0.1, 0.15) is 77.1 Å². The molecule has 10 unspecified atom stereocenters. The summed E-state index contributed by atoms with van der Waals surface area (Å²) in [5.74, 6) is -1.67. The largest absolute Gasteiger partial charge is 0.507 e. The molecule has 3 heterocycles. The zero-order valence-corrected chi connectivity index (χ0v) is 22.1. The van der Waals surface area contributed by atoms with Gasteiger partial charge in [-0.3, -0.25) is 4.79 Å². The number of phenols is 3. The molecule has 2 aliphatic rings. The quantitative estimate of drug-likeness (QED) is 0.125. The Hall–Kier alpha value is -3.55. The maximum absolute atomic E-state index is 12.8. The minimum absolute atomic E-state index is 0.0326. The van der Waals surface area contributed by atoms with Gasteiger partial charge >= 0.3 is 0 Å². The average molecular weight is 611 g/mol. The van der Waals surface area contributed by atoms with Crippen LogP contribution in [-0.2, 0) is 14.2 Å². The number of fused-ring (bicyclic) bond motifs is 1. The summed E-state index contributed by atoms with van der Waals surface area (Å²) in [6.45, 7) is -1.55. The fourth-order valence-corrected chi connectivity index (χ4v) is 4.91. The molecule has 0 saturated carbocycles. The topological polar surface area (TPSA) is 269 Å². The van der Waals surface area contributed by atoms with Crippen LogP contribution in [0.25, 0.3) is 22.3 Å². The molecule has 3 aromatic rings. The third-order valence-corrected chi connectivity index (χ3v) is 7.26. The highest BCUT2D eigenvalue weighted by molar-refractivity contribution is 5.86.